The van der Waals surface area contributed by atoms with Crippen LogP contribution in [0.25, 0.3) is 0 Å². The number of rotatable bonds is 4. The molecular weight excluding hydrogens is 336 g/mol. The number of nitrogens with one attached hydrogen (secondary N) is 1. The molecule has 0 aromatic heterocycles. The molecule has 0 saturated carbocycles. The van der Waals surface area contributed by atoms with Crippen molar-refractivity contribution in [1.29, 1.82) is 0 Å². The van der Waals surface area contributed by atoms with Crippen LogP contribution in [-0.2, 0) is 13.1 Å². The van der Waals surface area contributed by atoms with Crippen molar-refractivity contribution in [3.63, 3.8) is 0 Å². The third kappa shape index (κ3) is 4.00. The second-order valence-electron chi connectivity index (χ2n) is 4.08. The maximum Gasteiger partial charge on any atom is 0.124 e. The Kier molecular flexibility index (Phi) is 4.91. The number of hydrogen-bond donors (Lipinski definition) is 1. The third-order valence-corrected chi connectivity index (χ3v) is 3.78. The van der Waals surface area contributed by atoms with Crippen LogP contribution in [-0.4, -0.2) is 0 Å². The van der Waals surface area contributed by atoms with E-state index in [4.69, 9.17) is 11.6 Å². The fraction of sp³-hybridized carbons (Fsp3) is 0.143. The zero-order valence-corrected chi connectivity index (χ0v) is 12.2. The minimum atomic E-state index is -0.360. The van der Waals surface area contributed by atoms with Gasteiger partial charge in [-0.3, -0.25) is 0 Å². The molecule has 0 spiro atoms. The zero-order valence-electron chi connectivity index (χ0n) is 9.89. The lowest BCUT2D eigenvalue weighted by atomic mass is 10.2. The maximum atomic E-state index is 13.1. The van der Waals surface area contributed by atoms with Crippen LogP contribution in [0.3, 0.4) is 0 Å². The van der Waals surface area contributed by atoms with Crippen LogP contribution < -0.4 is 5.32 Å². The van der Waals surface area contributed by atoms with Crippen molar-refractivity contribution in [3.8, 4) is 0 Å². The number of benzene rings is 2. The van der Waals surface area contributed by atoms with Gasteiger partial charge >= 0.3 is 0 Å². The highest BCUT2D eigenvalue weighted by Gasteiger charge is 2.04. The Hall–Kier alpha value is -0.970. The molecule has 0 aliphatic rings. The van der Waals surface area contributed by atoms with Crippen molar-refractivity contribution in [2.45, 2.75) is 13.1 Å². The Morgan fingerprint density at radius 1 is 0.947 bits per heavy atom. The highest BCUT2D eigenvalue weighted by atomic mass is 79.9. The lowest BCUT2D eigenvalue weighted by molar-refractivity contribution is 0.617. The fourth-order valence-electron chi connectivity index (χ4n) is 1.68. The van der Waals surface area contributed by atoms with Crippen LogP contribution >= 0.6 is 27.5 Å². The van der Waals surface area contributed by atoms with Gasteiger partial charge in [-0.05, 0) is 41.5 Å². The van der Waals surface area contributed by atoms with Crippen molar-refractivity contribution < 1.29 is 8.78 Å². The monoisotopic (exact) mass is 345 g/mol. The van der Waals surface area contributed by atoms with Gasteiger partial charge in [0, 0.05) is 22.6 Å². The van der Waals surface area contributed by atoms with E-state index in [0.29, 0.717) is 18.1 Å². The molecule has 0 radical (unpaired) electrons. The summed E-state index contributed by atoms with van der Waals surface area (Å²) in [6, 6.07) is 8.79. The summed E-state index contributed by atoms with van der Waals surface area (Å²) in [7, 11) is 0. The third-order valence-electron chi connectivity index (χ3n) is 2.65. The molecule has 0 unspecified atom stereocenters. The summed E-state index contributed by atoms with van der Waals surface area (Å²) in [6.45, 7) is 0.980. The van der Waals surface area contributed by atoms with Gasteiger partial charge in [0.15, 0.2) is 0 Å². The molecule has 0 aliphatic carbocycles. The Morgan fingerprint density at radius 3 is 2.32 bits per heavy atom. The maximum absolute atomic E-state index is 13.1. The van der Waals surface area contributed by atoms with Gasteiger partial charge in [-0.25, -0.2) is 8.78 Å². The van der Waals surface area contributed by atoms with Gasteiger partial charge in [0.2, 0.25) is 0 Å². The molecule has 100 valence electrons. The minimum Gasteiger partial charge on any atom is -0.309 e. The van der Waals surface area contributed by atoms with Gasteiger partial charge in [-0.1, -0.05) is 33.6 Å². The van der Waals surface area contributed by atoms with E-state index >= 15 is 0 Å². The Bertz CT molecular complexity index is 590. The van der Waals surface area contributed by atoms with Crippen LogP contribution in [0.5, 0.6) is 0 Å². The number of halogens is 4. The summed E-state index contributed by atoms with van der Waals surface area (Å²) in [4.78, 5) is 0. The van der Waals surface area contributed by atoms with Crippen LogP contribution in [0.1, 0.15) is 11.1 Å². The standard InChI is InChI=1S/C14H11BrClF2N/c15-13-4-3-11(17)5-10(13)8-19-7-9-1-2-12(18)6-14(9)16/h1-6,19H,7-8H2. The van der Waals surface area contributed by atoms with Gasteiger partial charge < -0.3 is 5.32 Å². The smallest absolute Gasteiger partial charge is 0.124 e. The topological polar surface area (TPSA) is 12.0 Å². The molecule has 19 heavy (non-hydrogen) atoms. The molecule has 0 amide bonds. The van der Waals surface area contributed by atoms with E-state index in [0.717, 1.165) is 15.6 Å². The van der Waals surface area contributed by atoms with Crippen molar-refractivity contribution >= 4 is 27.5 Å². The first-order valence-electron chi connectivity index (χ1n) is 5.65. The second kappa shape index (κ2) is 6.46. The molecule has 2 aromatic rings. The van der Waals surface area contributed by atoms with E-state index in [-0.39, 0.29) is 11.6 Å². The average molecular weight is 347 g/mol. The molecule has 2 rings (SSSR count). The van der Waals surface area contributed by atoms with Gasteiger partial charge in [0.25, 0.3) is 0 Å². The predicted molar refractivity (Wildman–Crippen MR) is 76.1 cm³/mol. The van der Waals surface area contributed by atoms with Crippen LogP contribution in [0.4, 0.5) is 8.78 Å². The highest BCUT2D eigenvalue weighted by Crippen LogP contribution is 2.19. The van der Waals surface area contributed by atoms with E-state index in [9.17, 15) is 8.78 Å². The summed E-state index contributed by atoms with van der Waals surface area (Å²) < 4.78 is 26.8. The van der Waals surface area contributed by atoms with E-state index in [1.807, 2.05) is 0 Å². The molecule has 0 atom stereocenters. The normalized spacial score (nSPS) is 10.7. The van der Waals surface area contributed by atoms with E-state index in [1.165, 1.54) is 24.3 Å². The van der Waals surface area contributed by atoms with Gasteiger partial charge in [-0.15, -0.1) is 0 Å². The first-order valence-corrected chi connectivity index (χ1v) is 6.82. The lowest BCUT2D eigenvalue weighted by Gasteiger charge is -2.08. The number of hydrogen-bond acceptors (Lipinski definition) is 1. The molecule has 0 fully saturated rings. The molecule has 1 N–H and O–H groups in total. The van der Waals surface area contributed by atoms with Crippen molar-refractivity contribution in [2.75, 3.05) is 0 Å². The minimum absolute atomic E-state index is 0.278. The van der Waals surface area contributed by atoms with E-state index in [1.54, 1.807) is 12.1 Å². The van der Waals surface area contributed by atoms with Crippen molar-refractivity contribution in [3.05, 3.63) is 68.7 Å². The molecule has 2 aromatic carbocycles. The Labute approximate surface area is 123 Å². The van der Waals surface area contributed by atoms with Crippen molar-refractivity contribution in [2.24, 2.45) is 0 Å². The van der Waals surface area contributed by atoms with E-state index in [2.05, 4.69) is 21.2 Å². The largest absolute Gasteiger partial charge is 0.309 e. The first kappa shape index (κ1) is 14.4. The lowest BCUT2D eigenvalue weighted by Crippen LogP contribution is -2.13. The summed E-state index contributed by atoms with van der Waals surface area (Å²) in [5.74, 6) is -0.638. The fourth-order valence-corrected chi connectivity index (χ4v) is 2.30. The molecule has 1 nitrogen and oxygen atoms in total. The SMILES string of the molecule is Fc1ccc(CNCc2cc(F)ccc2Br)c(Cl)c1. The quantitative estimate of drug-likeness (QED) is 0.848. The highest BCUT2D eigenvalue weighted by molar-refractivity contribution is 9.10. The molecule has 0 aliphatic heterocycles. The van der Waals surface area contributed by atoms with Gasteiger partial charge in [-0.2, -0.15) is 0 Å². The second-order valence-corrected chi connectivity index (χ2v) is 5.34. The Morgan fingerprint density at radius 2 is 1.58 bits per heavy atom. The molecule has 0 saturated heterocycles. The predicted octanol–water partition coefficient (Wildman–Crippen LogP) is 4.67. The first-order chi connectivity index (χ1) is 9.06. The zero-order chi connectivity index (χ0) is 13.8. The molecule has 0 bridgehead atoms. The molecule has 5 heteroatoms. The van der Waals surface area contributed by atoms with E-state index < -0.39 is 0 Å². The molecule has 0 heterocycles. The van der Waals surface area contributed by atoms with Crippen LogP contribution in [0, 0.1) is 11.6 Å². The van der Waals surface area contributed by atoms with Crippen molar-refractivity contribution in [1.82, 2.24) is 5.32 Å². The Balaban J connectivity index is 1.98. The summed E-state index contributed by atoms with van der Waals surface area (Å²) in [6.07, 6.45) is 0. The van der Waals surface area contributed by atoms with Crippen LogP contribution in [0.15, 0.2) is 40.9 Å². The summed E-state index contributed by atoms with van der Waals surface area (Å²) in [5, 5.41) is 3.52. The summed E-state index contributed by atoms with van der Waals surface area (Å²) >= 11 is 9.28. The summed E-state index contributed by atoms with van der Waals surface area (Å²) in [5.41, 5.74) is 1.62. The van der Waals surface area contributed by atoms with Crippen LogP contribution in [0.2, 0.25) is 5.02 Å². The average Bonchev–Trinajstić information content (AvgIpc) is 2.36. The van der Waals surface area contributed by atoms with Gasteiger partial charge in [0.05, 0.1) is 0 Å². The molecular formula is C14H11BrClF2N. The van der Waals surface area contributed by atoms with Gasteiger partial charge in [0.1, 0.15) is 11.6 Å².